The van der Waals surface area contributed by atoms with E-state index in [2.05, 4.69) is 26.3 Å². The van der Waals surface area contributed by atoms with Gasteiger partial charge in [-0.1, -0.05) is 35.5 Å². The van der Waals surface area contributed by atoms with Crippen LogP contribution in [0.1, 0.15) is 16.1 Å². The maximum atomic E-state index is 12.5. The summed E-state index contributed by atoms with van der Waals surface area (Å²) in [4.78, 5) is 28.1. The number of aromatic nitrogens is 2. The number of nitrogens with one attached hydrogen (secondary N) is 3. The molecule has 0 spiro atoms. The molecule has 8 nitrogen and oxygen atoms in total. The molecular weight excluding hydrogens is 310 g/mol. The van der Waals surface area contributed by atoms with Gasteiger partial charge in [0, 0.05) is 12.6 Å². The van der Waals surface area contributed by atoms with Crippen LogP contribution in [0.3, 0.4) is 0 Å². The van der Waals surface area contributed by atoms with Gasteiger partial charge in [-0.2, -0.15) is 0 Å². The van der Waals surface area contributed by atoms with Crippen molar-refractivity contribution >= 4 is 23.0 Å². The van der Waals surface area contributed by atoms with Crippen LogP contribution in [0.15, 0.2) is 40.9 Å². The number of hydrogen-bond donors (Lipinski definition) is 3. The Morgan fingerprint density at radius 2 is 1.88 bits per heavy atom. The number of carbonyl (C=O) groups excluding carboxylic acids is 2. The van der Waals surface area contributed by atoms with Crippen LogP contribution in [0.25, 0.3) is 22.4 Å². The second-order valence-corrected chi connectivity index (χ2v) is 5.03. The molecule has 0 unspecified atom stereocenters. The number of nitrogens with zero attached hydrogens (tertiary/aromatic N) is 2. The highest BCUT2D eigenvalue weighted by molar-refractivity contribution is 6.07. The van der Waals surface area contributed by atoms with Gasteiger partial charge < -0.3 is 9.84 Å². The number of rotatable bonds is 2. The first-order chi connectivity index (χ1) is 11.6. The van der Waals surface area contributed by atoms with Crippen LogP contribution < -0.4 is 16.2 Å². The van der Waals surface area contributed by atoms with Crippen molar-refractivity contribution in [1.82, 2.24) is 26.3 Å². The zero-order valence-corrected chi connectivity index (χ0v) is 13.1. The number of fused-ring (bicyclic) bond motifs is 1. The molecule has 3 N–H and O–H groups in total. The van der Waals surface area contributed by atoms with E-state index >= 15 is 0 Å². The Balaban J connectivity index is 2.06. The lowest BCUT2D eigenvalue weighted by Gasteiger charge is -2.09. The Labute approximate surface area is 137 Å². The molecule has 0 radical (unpaired) electrons. The van der Waals surface area contributed by atoms with Crippen molar-refractivity contribution in [3.8, 4) is 11.3 Å². The molecule has 1 aromatic carbocycles. The Kier molecular flexibility index (Phi) is 4.11. The molecule has 24 heavy (non-hydrogen) atoms. The maximum Gasteiger partial charge on any atom is 0.333 e. The van der Waals surface area contributed by atoms with E-state index < -0.39 is 11.9 Å². The van der Waals surface area contributed by atoms with Crippen LogP contribution in [0.2, 0.25) is 0 Å². The van der Waals surface area contributed by atoms with Gasteiger partial charge in [0.15, 0.2) is 0 Å². The Morgan fingerprint density at radius 3 is 2.58 bits per heavy atom. The van der Waals surface area contributed by atoms with E-state index in [1.165, 1.54) is 7.05 Å². The summed E-state index contributed by atoms with van der Waals surface area (Å²) >= 11 is 0. The summed E-state index contributed by atoms with van der Waals surface area (Å²) in [5.74, 6) is -0.491. The van der Waals surface area contributed by atoms with Crippen molar-refractivity contribution in [3.05, 3.63) is 47.7 Å². The van der Waals surface area contributed by atoms with Crippen molar-refractivity contribution in [2.24, 2.45) is 0 Å². The predicted molar refractivity (Wildman–Crippen MR) is 87.0 cm³/mol. The van der Waals surface area contributed by atoms with Gasteiger partial charge in [-0.25, -0.2) is 15.2 Å². The maximum absolute atomic E-state index is 12.5. The number of aryl methyl sites for hydroxylation is 1. The molecule has 0 aliphatic carbocycles. The normalized spacial score (nSPS) is 10.4. The van der Waals surface area contributed by atoms with Gasteiger partial charge in [-0.15, -0.1) is 0 Å². The van der Waals surface area contributed by atoms with Crippen LogP contribution in [0.4, 0.5) is 4.79 Å². The molecule has 3 aromatic rings. The second kappa shape index (κ2) is 6.37. The lowest BCUT2D eigenvalue weighted by atomic mass is 10.1. The first-order valence-corrected chi connectivity index (χ1v) is 7.20. The lowest BCUT2D eigenvalue weighted by Crippen LogP contribution is -2.45. The minimum atomic E-state index is -0.529. The quantitative estimate of drug-likeness (QED) is 0.622. The number of amides is 3. The van der Waals surface area contributed by atoms with Crippen molar-refractivity contribution in [3.63, 3.8) is 0 Å². The minimum absolute atomic E-state index is 0.263. The zero-order valence-electron chi connectivity index (χ0n) is 13.1. The Bertz CT molecular complexity index is 905. The van der Waals surface area contributed by atoms with E-state index in [0.717, 1.165) is 5.56 Å². The molecule has 0 bridgehead atoms. The lowest BCUT2D eigenvalue weighted by molar-refractivity contribution is 0.0938. The fraction of sp³-hybridized carbons (Fsp3) is 0.125. The first kappa shape index (κ1) is 15.5. The van der Waals surface area contributed by atoms with Gasteiger partial charge in [0.2, 0.25) is 0 Å². The van der Waals surface area contributed by atoms with E-state index in [9.17, 15) is 9.59 Å². The summed E-state index contributed by atoms with van der Waals surface area (Å²) in [6.45, 7) is 1.72. The number of hydrogen-bond acceptors (Lipinski definition) is 5. The minimum Gasteiger partial charge on any atom is -0.340 e. The second-order valence-electron chi connectivity index (χ2n) is 5.03. The largest absolute Gasteiger partial charge is 0.340 e. The Hall–Kier alpha value is -3.42. The third-order valence-electron chi connectivity index (χ3n) is 3.45. The number of carbonyl (C=O) groups is 2. The van der Waals surface area contributed by atoms with E-state index in [4.69, 9.17) is 4.52 Å². The van der Waals surface area contributed by atoms with Crippen molar-refractivity contribution in [2.45, 2.75) is 6.92 Å². The number of pyridine rings is 1. The molecule has 3 rings (SSSR count). The average Bonchev–Trinajstić information content (AvgIpc) is 3.00. The highest BCUT2D eigenvalue weighted by atomic mass is 16.5. The number of urea groups is 1. The van der Waals surface area contributed by atoms with Gasteiger partial charge in [-0.3, -0.25) is 10.2 Å². The summed E-state index contributed by atoms with van der Waals surface area (Å²) in [5, 5.41) is 6.72. The Morgan fingerprint density at radius 1 is 1.12 bits per heavy atom. The molecule has 0 atom stereocenters. The van der Waals surface area contributed by atoms with Crippen LogP contribution in [-0.2, 0) is 0 Å². The molecule has 0 saturated heterocycles. The highest BCUT2D eigenvalue weighted by Gasteiger charge is 2.19. The van der Waals surface area contributed by atoms with E-state index in [1.807, 2.05) is 30.3 Å². The molecule has 2 aromatic heterocycles. The molecule has 122 valence electrons. The van der Waals surface area contributed by atoms with Gasteiger partial charge in [0.05, 0.1) is 22.3 Å². The average molecular weight is 325 g/mol. The SMILES string of the molecule is CNC(=O)NNC(=O)c1cc(-c2ccccc2)nc2onc(C)c12. The monoisotopic (exact) mass is 325 g/mol. The van der Waals surface area contributed by atoms with E-state index in [-0.39, 0.29) is 5.71 Å². The molecule has 0 fully saturated rings. The van der Waals surface area contributed by atoms with Gasteiger partial charge in [0.25, 0.3) is 11.6 Å². The van der Waals surface area contributed by atoms with Crippen LogP contribution >= 0.6 is 0 Å². The number of benzene rings is 1. The standard InChI is InChI=1S/C16H15N5O3/c1-9-13-11(14(22)19-20-16(23)17-2)8-12(18-15(13)24-21-9)10-6-4-3-5-7-10/h3-8H,1-2H3,(H,19,22)(H2,17,20,23). The molecule has 0 saturated carbocycles. The summed E-state index contributed by atoms with van der Waals surface area (Å²) in [5.41, 5.74) is 7.11. The van der Waals surface area contributed by atoms with Crippen molar-refractivity contribution < 1.29 is 14.1 Å². The summed E-state index contributed by atoms with van der Waals surface area (Å²) in [6, 6.07) is 10.5. The molecule has 3 amide bonds. The highest BCUT2D eigenvalue weighted by Crippen LogP contribution is 2.26. The van der Waals surface area contributed by atoms with E-state index in [0.29, 0.717) is 22.3 Å². The third-order valence-corrected chi connectivity index (χ3v) is 3.45. The van der Waals surface area contributed by atoms with Crippen molar-refractivity contribution in [1.29, 1.82) is 0 Å². The molecule has 0 aliphatic heterocycles. The van der Waals surface area contributed by atoms with E-state index in [1.54, 1.807) is 13.0 Å². The summed E-state index contributed by atoms with van der Waals surface area (Å²) in [7, 11) is 1.45. The fourth-order valence-electron chi connectivity index (χ4n) is 2.27. The first-order valence-electron chi connectivity index (χ1n) is 7.20. The van der Waals surface area contributed by atoms with Gasteiger partial charge in [0.1, 0.15) is 0 Å². The number of hydrazine groups is 1. The smallest absolute Gasteiger partial charge is 0.333 e. The molecular formula is C16H15N5O3. The molecule has 8 heteroatoms. The fourth-order valence-corrected chi connectivity index (χ4v) is 2.27. The van der Waals surface area contributed by atoms with Crippen molar-refractivity contribution in [2.75, 3.05) is 7.05 Å². The van der Waals surface area contributed by atoms with Gasteiger partial charge >= 0.3 is 6.03 Å². The van der Waals surface area contributed by atoms with Crippen LogP contribution in [0, 0.1) is 6.92 Å². The zero-order chi connectivity index (χ0) is 17.1. The van der Waals surface area contributed by atoms with Gasteiger partial charge in [-0.05, 0) is 13.0 Å². The third kappa shape index (κ3) is 2.89. The summed E-state index contributed by atoms with van der Waals surface area (Å²) in [6.07, 6.45) is 0. The summed E-state index contributed by atoms with van der Waals surface area (Å²) < 4.78 is 5.21. The predicted octanol–water partition coefficient (Wildman–Crippen LogP) is 1.77. The molecule has 2 heterocycles. The van der Waals surface area contributed by atoms with Crippen LogP contribution in [-0.4, -0.2) is 29.1 Å². The molecule has 0 aliphatic rings. The van der Waals surface area contributed by atoms with Crippen LogP contribution in [0.5, 0.6) is 0 Å². The topological polar surface area (TPSA) is 109 Å².